The second-order valence-corrected chi connectivity index (χ2v) is 5.81. The molecular weight excluding hydrogens is 386 g/mol. The molecule has 3 rings (SSSR count). The van der Waals surface area contributed by atoms with Crippen molar-refractivity contribution in [2.24, 2.45) is 0 Å². The van der Waals surface area contributed by atoms with Gasteiger partial charge in [-0.25, -0.2) is 0 Å². The first kappa shape index (κ1) is 17.3. The van der Waals surface area contributed by atoms with Gasteiger partial charge in [0.15, 0.2) is 0 Å². The molecule has 1 aromatic carbocycles. The first-order valence-electron chi connectivity index (χ1n) is 6.50. The third-order valence-corrected chi connectivity index (χ3v) is 4.25. The van der Waals surface area contributed by atoms with Crippen molar-refractivity contribution in [2.75, 3.05) is 5.73 Å². The maximum atomic E-state index is 13.1. The lowest BCUT2D eigenvalue weighted by Gasteiger charge is -2.17. The van der Waals surface area contributed by atoms with E-state index in [-0.39, 0.29) is 11.1 Å². The number of nitrogens with zero attached hydrogens (tertiary/aromatic N) is 1. The monoisotopic (exact) mass is 391 g/mol. The van der Waals surface area contributed by atoms with Crippen molar-refractivity contribution >= 4 is 40.8 Å². The second-order valence-electron chi connectivity index (χ2n) is 5.03. The van der Waals surface area contributed by atoms with E-state index in [1.165, 1.54) is 0 Å². The zero-order valence-corrected chi connectivity index (χ0v) is 13.4. The van der Waals surface area contributed by atoms with Crippen LogP contribution in [0.3, 0.4) is 0 Å². The van der Waals surface area contributed by atoms with Gasteiger partial charge < -0.3 is 5.73 Å². The van der Waals surface area contributed by atoms with Gasteiger partial charge in [-0.05, 0) is 12.1 Å². The molecule has 0 unspecified atom stereocenters. The number of nitrogen functional groups attached to an aromatic ring is 1. The molecular formula is C14H6Cl2F3N3O3. The highest BCUT2D eigenvalue weighted by Gasteiger charge is 2.38. The Kier molecular flexibility index (Phi) is 3.81. The van der Waals surface area contributed by atoms with Crippen LogP contribution in [0.5, 0.6) is 0 Å². The van der Waals surface area contributed by atoms with Crippen LogP contribution in [0.4, 0.5) is 19.0 Å². The quantitative estimate of drug-likeness (QED) is 0.730. The van der Waals surface area contributed by atoms with E-state index in [4.69, 9.17) is 28.9 Å². The summed E-state index contributed by atoms with van der Waals surface area (Å²) in [5, 5.41) is 0.417. The minimum Gasteiger partial charge on any atom is -0.384 e. The second kappa shape index (κ2) is 5.50. The SMILES string of the molecule is Nc1c2c(cc(=O)n1-c1ccc(Cl)c(C(F)(F)F)c1Cl)C(=O)NC2=O. The molecule has 25 heavy (non-hydrogen) atoms. The molecule has 0 fully saturated rings. The van der Waals surface area contributed by atoms with Crippen molar-refractivity contribution in [1.29, 1.82) is 0 Å². The average Bonchev–Trinajstić information content (AvgIpc) is 2.74. The predicted molar refractivity (Wildman–Crippen MR) is 83.3 cm³/mol. The van der Waals surface area contributed by atoms with Gasteiger partial charge >= 0.3 is 6.18 Å². The van der Waals surface area contributed by atoms with E-state index < -0.39 is 50.7 Å². The van der Waals surface area contributed by atoms with Crippen molar-refractivity contribution in [3.8, 4) is 5.69 Å². The number of anilines is 1. The molecule has 11 heteroatoms. The number of hydrogen-bond donors (Lipinski definition) is 2. The minimum atomic E-state index is -4.88. The molecule has 1 aromatic heterocycles. The first-order valence-corrected chi connectivity index (χ1v) is 7.26. The fourth-order valence-electron chi connectivity index (χ4n) is 2.50. The smallest absolute Gasteiger partial charge is 0.384 e. The molecule has 0 bridgehead atoms. The fraction of sp³-hybridized carbons (Fsp3) is 0.0714. The molecule has 1 aliphatic heterocycles. The van der Waals surface area contributed by atoms with E-state index in [9.17, 15) is 27.6 Å². The molecule has 3 N–H and O–H groups in total. The Morgan fingerprint density at radius 1 is 1.08 bits per heavy atom. The zero-order chi connectivity index (χ0) is 18.7. The molecule has 1 aliphatic rings. The van der Waals surface area contributed by atoms with E-state index in [1.807, 2.05) is 5.32 Å². The van der Waals surface area contributed by atoms with Gasteiger partial charge in [-0.2, -0.15) is 13.2 Å². The highest BCUT2D eigenvalue weighted by atomic mass is 35.5. The molecule has 0 spiro atoms. The number of fused-ring (bicyclic) bond motifs is 1. The van der Waals surface area contributed by atoms with E-state index >= 15 is 0 Å². The summed E-state index contributed by atoms with van der Waals surface area (Å²) in [6.45, 7) is 0. The summed E-state index contributed by atoms with van der Waals surface area (Å²) in [6.07, 6.45) is -4.88. The maximum absolute atomic E-state index is 13.1. The van der Waals surface area contributed by atoms with Gasteiger partial charge in [0.1, 0.15) is 5.82 Å². The number of nitrogens with two attached hydrogens (primary N) is 1. The number of benzene rings is 1. The highest BCUT2D eigenvalue weighted by Crippen LogP contribution is 2.42. The molecule has 2 aromatic rings. The van der Waals surface area contributed by atoms with Crippen LogP contribution in [0, 0.1) is 0 Å². The predicted octanol–water partition coefficient (Wildman–Crippen LogP) is 2.63. The van der Waals surface area contributed by atoms with Crippen LogP contribution in [0.15, 0.2) is 23.0 Å². The number of halogens is 5. The Labute approximate surface area is 146 Å². The zero-order valence-electron chi connectivity index (χ0n) is 11.9. The first-order chi connectivity index (χ1) is 11.5. The molecule has 6 nitrogen and oxygen atoms in total. The van der Waals surface area contributed by atoms with Crippen LogP contribution in [-0.2, 0) is 6.18 Å². The number of hydrogen-bond acceptors (Lipinski definition) is 4. The molecule has 0 aliphatic carbocycles. The van der Waals surface area contributed by atoms with E-state index in [0.717, 1.165) is 18.2 Å². The Bertz CT molecular complexity index is 1020. The van der Waals surface area contributed by atoms with Gasteiger partial charge in [0.05, 0.1) is 32.4 Å². The van der Waals surface area contributed by atoms with Crippen molar-refractivity contribution in [3.05, 3.63) is 55.3 Å². The number of aromatic nitrogens is 1. The molecule has 130 valence electrons. The summed E-state index contributed by atoms with van der Waals surface area (Å²) in [4.78, 5) is 35.7. The third-order valence-electron chi connectivity index (χ3n) is 3.55. The molecule has 0 radical (unpaired) electrons. The number of alkyl halides is 3. The Morgan fingerprint density at radius 3 is 2.32 bits per heavy atom. The standard InChI is InChI=1S/C14H6Cl2F3N3O3/c15-5-1-2-6(10(16)9(5)14(17,18)19)22-7(23)3-4-8(11(22)20)13(25)21-12(4)24/h1-3H,20H2,(H,21,24,25). The van der Waals surface area contributed by atoms with Crippen molar-refractivity contribution in [1.82, 2.24) is 9.88 Å². The summed E-state index contributed by atoms with van der Waals surface area (Å²) in [5.41, 5.74) is 2.49. The number of amides is 2. The molecule has 0 saturated heterocycles. The fourth-order valence-corrected chi connectivity index (χ4v) is 3.17. The van der Waals surface area contributed by atoms with E-state index in [1.54, 1.807) is 0 Å². The van der Waals surface area contributed by atoms with Gasteiger partial charge in [0, 0.05) is 6.07 Å². The summed E-state index contributed by atoms with van der Waals surface area (Å²) < 4.78 is 40.0. The summed E-state index contributed by atoms with van der Waals surface area (Å²) in [7, 11) is 0. The van der Waals surface area contributed by atoms with Crippen LogP contribution >= 0.6 is 23.2 Å². The van der Waals surface area contributed by atoms with Crippen LogP contribution in [0.25, 0.3) is 5.69 Å². The van der Waals surface area contributed by atoms with E-state index in [0.29, 0.717) is 4.57 Å². The highest BCUT2D eigenvalue weighted by molar-refractivity contribution is 6.37. The van der Waals surface area contributed by atoms with Crippen LogP contribution in [-0.4, -0.2) is 16.4 Å². The Balaban J connectivity index is 2.37. The van der Waals surface area contributed by atoms with Crippen LogP contribution < -0.4 is 16.6 Å². The van der Waals surface area contributed by atoms with Gasteiger partial charge in [0.2, 0.25) is 0 Å². The van der Waals surface area contributed by atoms with Gasteiger partial charge in [-0.3, -0.25) is 24.3 Å². The summed E-state index contributed by atoms with van der Waals surface area (Å²) in [5.74, 6) is -2.20. The Hall–Kier alpha value is -2.52. The lowest BCUT2D eigenvalue weighted by atomic mass is 10.1. The molecule has 0 atom stereocenters. The van der Waals surface area contributed by atoms with Crippen molar-refractivity contribution in [2.45, 2.75) is 6.18 Å². The number of carbonyl (C=O) groups excluding carboxylic acids is 2. The van der Waals surface area contributed by atoms with Gasteiger partial charge in [-0.15, -0.1) is 0 Å². The number of pyridine rings is 1. The molecule has 2 heterocycles. The van der Waals surface area contributed by atoms with Gasteiger partial charge in [-0.1, -0.05) is 23.2 Å². The number of nitrogens with one attached hydrogen (secondary N) is 1. The Morgan fingerprint density at radius 2 is 1.72 bits per heavy atom. The largest absolute Gasteiger partial charge is 0.419 e. The lowest BCUT2D eigenvalue weighted by Crippen LogP contribution is -2.25. The molecule has 0 saturated carbocycles. The number of imide groups is 1. The van der Waals surface area contributed by atoms with Crippen molar-refractivity contribution < 1.29 is 22.8 Å². The third kappa shape index (κ3) is 2.56. The van der Waals surface area contributed by atoms with Crippen LogP contribution in [0.1, 0.15) is 26.3 Å². The molecule has 2 amide bonds. The normalized spacial score (nSPS) is 13.8. The minimum absolute atomic E-state index is 0.259. The number of rotatable bonds is 1. The topological polar surface area (TPSA) is 94.2 Å². The van der Waals surface area contributed by atoms with Crippen molar-refractivity contribution in [3.63, 3.8) is 0 Å². The summed E-state index contributed by atoms with van der Waals surface area (Å²) >= 11 is 11.4. The maximum Gasteiger partial charge on any atom is 0.419 e. The van der Waals surface area contributed by atoms with Crippen LogP contribution in [0.2, 0.25) is 10.0 Å². The van der Waals surface area contributed by atoms with E-state index in [2.05, 4.69) is 0 Å². The average molecular weight is 392 g/mol. The van der Waals surface area contributed by atoms with Gasteiger partial charge in [0.25, 0.3) is 17.4 Å². The number of carbonyl (C=O) groups is 2. The summed E-state index contributed by atoms with van der Waals surface area (Å²) in [6, 6.07) is 2.75. The lowest BCUT2D eigenvalue weighted by molar-refractivity contribution is -0.137.